The first-order valence-corrected chi connectivity index (χ1v) is 8.60. The van der Waals surface area contributed by atoms with Crippen LogP contribution in [0.3, 0.4) is 0 Å². The summed E-state index contributed by atoms with van der Waals surface area (Å²) in [5, 5.41) is 13.7. The molecule has 4 rings (SSSR count). The van der Waals surface area contributed by atoms with Gasteiger partial charge in [0.05, 0.1) is 12.8 Å². The third-order valence-corrected chi connectivity index (χ3v) is 5.36. The Morgan fingerprint density at radius 3 is 3.08 bits per heavy atom. The molecule has 13 heteroatoms. The van der Waals surface area contributed by atoms with E-state index in [0.29, 0.717) is 0 Å². The van der Waals surface area contributed by atoms with E-state index in [2.05, 4.69) is 19.6 Å². The molecule has 4 heterocycles. The van der Waals surface area contributed by atoms with E-state index in [1.807, 2.05) is 0 Å². The Hall–Kier alpha value is -2.16. The first kappa shape index (κ1) is 16.3. The maximum atomic E-state index is 15.7. The van der Waals surface area contributed by atoms with Gasteiger partial charge in [-0.25, -0.2) is 23.4 Å². The molecule has 2 aromatic rings. The Kier molecular flexibility index (Phi) is 3.22. The van der Waals surface area contributed by atoms with Crippen LogP contribution in [0.25, 0.3) is 5.65 Å². The van der Waals surface area contributed by atoms with E-state index in [1.54, 1.807) is 6.07 Å². The van der Waals surface area contributed by atoms with E-state index in [4.69, 9.17) is 15.0 Å². The summed E-state index contributed by atoms with van der Waals surface area (Å²) >= 11 is 0. The summed E-state index contributed by atoms with van der Waals surface area (Å²) in [5.74, 6) is 0.0322. The molecule has 2 aromatic heterocycles. The Balaban J connectivity index is 1.91. The van der Waals surface area contributed by atoms with Gasteiger partial charge in [0.25, 0.3) is 0 Å². The van der Waals surface area contributed by atoms with Crippen LogP contribution in [0.4, 0.5) is 10.2 Å². The lowest BCUT2D eigenvalue weighted by Gasteiger charge is -2.33. The summed E-state index contributed by atoms with van der Waals surface area (Å²) in [5.41, 5.74) is 1.06. The summed E-state index contributed by atoms with van der Waals surface area (Å²) in [4.78, 5) is 17.3. The number of nitriles is 1. The van der Waals surface area contributed by atoms with Crippen molar-refractivity contribution < 1.29 is 27.6 Å². The molecule has 2 aliphatic heterocycles. The van der Waals surface area contributed by atoms with Gasteiger partial charge in [-0.15, -0.1) is 0 Å². The van der Waals surface area contributed by atoms with Crippen molar-refractivity contribution in [3.8, 4) is 6.07 Å². The first-order chi connectivity index (χ1) is 11.7. The molecule has 2 saturated heterocycles. The van der Waals surface area contributed by atoms with Crippen LogP contribution in [0.1, 0.15) is 12.6 Å². The molecule has 0 radical (unpaired) electrons. The zero-order valence-electron chi connectivity index (χ0n) is 12.7. The molecule has 5 atom stereocenters. The molecule has 3 N–H and O–H groups in total. The van der Waals surface area contributed by atoms with Crippen molar-refractivity contribution in [2.75, 3.05) is 12.3 Å². The monoisotopic (exact) mass is 370 g/mol. The minimum Gasteiger partial charge on any atom is -0.381 e. The van der Waals surface area contributed by atoms with Crippen LogP contribution in [0.5, 0.6) is 0 Å². The third kappa shape index (κ3) is 2.04. The number of rotatable bonds is 1. The number of nitrogen functional groups attached to an aromatic ring is 1. The highest BCUT2D eigenvalue weighted by Gasteiger charge is 2.70. The Morgan fingerprint density at radius 1 is 1.60 bits per heavy atom. The predicted octanol–water partition coefficient (Wildman–Crippen LogP) is 0.0682. The number of fused-ring (bicyclic) bond motifs is 2. The molecule has 132 valence electrons. The quantitative estimate of drug-likeness (QED) is 0.658. The van der Waals surface area contributed by atoms with E-state index < -0.39 is 37.9 Å². The van der Waals surface area contributed by atoms with Gasteiger partial charge in [-0.1, -0.05) is 0 Å². The molecule has 0 spiro atoms. The maximum absolute atomic E-state index is 15.7. The van der Waals surface area contributed by atoms with Gasteiger partial charge in [0.15, 0.2) is 17.1 Å². The molecular weight excluding hydrogens is 358 g/mol. The average molecular weight is 370 g/mol. The lowest BCUT2D eigenvalue weighted by Crippen LogP contribution is -2.50. The van der Waals surface area contributed by atoms with E-state index in [1.165, 1.54) is 6.20 Å². The second kappa shape index (κ2) is 4.94. The predicted molar refractivity (Wildman–Crippen MR) is 77.5 cm³/mol. The van der Waals surface area contributed by atoms with Gasteiger partial charge in [0.2, 0.25) is 5.60 Å². The van der Waals surface area contributed by atoms with Crippen LogP contribution in [-0.2, 0) is 24.0 Å². The maximum Gasteiger partial charge on any atom is 0.472 e. The molecule has 0 aromatic carbocycles. The van der Waals surface area contributed by atoms with Crippen LogP contribution in [-0.4, -0.2) is 49.0 Å². The Morgan fingerprint density at radius 2 is 2.36 bits per heavy atom. The fraction of sp³-hybridized carbons (Fsp3) is 0.500. The number of hydrogen-bond acceptors (Lipinski definition) is 9. The molecule has 0 bridgehead atoms. The molecule has 0 saturated carbocycles. The number of phosphoric ester groups is 1. The van der Waals surface area contributed by atoms with Crippen LogP contribution in [0, 0.1) is 11.3 Å². The first-order valence-electron chi connectivity index (χ1n) is 7.10. The van der Waals surface area contributed by atoms with Crippen molar-refractivity contribution in [1.82, 2.24) is 19.6 Å². The van der Waals surface area contributed by atoms with Gasteiger partial charge in [0, 0.05) is 0 Å². The molecule has 0 amide bonds. The number of hydrogen-bond donors (Lipinski definition) is 2. The van der Waals surface area contributed by atoms with Crippen LogP contribution >= 0.6 is 7.82 Å². The number of phosphoric acid groups is 1. The molecular formula is C12H12FN6O5P. The number of nitrogens with zero attached hydrogens (tertiary/aromatic N) is 5. The van der Waals surface area contributed by atoms with Crippen molar-refractivity contribution >= 4 is 19.3 Å². The number of ether oxygens (including phenoxy) is 1. The smallest absolute Gasteiger partial charge is 0.381 e. The second-order valence-corrected chi connectivity index (χ2v) is 7.25. The van der Waals surface area contributed by atoms with Gasteiger partial charge < -0.3 is 15.4 Å². The molecule has 11 nitrogen and oxygen atoms in total. The van der Waals surface area contributed by atoms with Crippen molar-refractivity contribution in [3.05, 3.63) is 18.2 Å². The highest BCUT2D eigenvalue weighted by molar-refractivity contribution is 7.47. The Bertz CT molecular complexity index is 959. The summed E-state index contributed by atoms with van der Waals surface area (Å²) in [7, 11) is -4.43. The van der Waals surface area contributed by atoms with Crippen molar-refractivity contribution in [2.24, 2.45) is 0 Å². The standard InChI is InChI=1S/C12H12FN6O5P/c1-11(13)8-6(3-22-25(20,21)24-8)23-12(11,4-14)7-2-16-10-9(15)17-5-18-19(7)10/h2,5-6,8H,3H2,1H3,(H,20,21)(H2,15,17,18). The highest BCUT2D eigenvalue weighted by Crippen LogP contribution is 2.59. The van der Waals surface area contributed by atoms with Crippen LogP contribution in [0.2, 0.25) is 0 Å². The van der Waals surface area contributed by atoms with Crippen molar-refractivity contribution in [1.29, 1.82) is 5.26 Å². The second-order valence-electron chi connectivity index (χ2n) is 5.84. The van der Waals surface area contributed by atoms with E-state index in [9.17, 15) is 14.7 Å². The zero-order chi connectivity index (χ0) is 18.0. The number of anilines is 1. The SMILES string of the molecule is CC1(F)C2OP(=O)(O)OCC2OC1(C#N)c1cnc2c(N)ncnn12. The van der Waals surface area contributed by atoms with Crippen molar-refractivity contribution in [3.63, 3.8) is 0 Å². The molecule has 2 fully saturated rings. The number of halogens is 1. The molecule has 5 unspecified atom stereocenters. The normalized spacial score (nSPS) is 40.7. The summed E-state index contributed by atoms with van der Waals surface area (Å²) in [6.45, 7) is 0.644. The van der Waals surface area contributed by atoms with Gasteiger partial charge in [-0.3, -0.25) is 9.05 Å². The zero-order valence-corrected chi connectivity index (χ0v) is 13.6. The van der Waals surface area contributed by atoms with Gasteiger partial charge in [0.1, 0.15) is 30.3 Å². The van der Waals surface area contributed by atoms with E-state index >= 15 is 4.39 Å². The fourth-order valence-corrected chi connectivity index (χ4v) is 4.18. The van der Waals surface area contributed by atoms with Crippen LogP contribution < -0.4 is 5.73 Å². The van der Waals surface area contributed by atoms with Crippen LogP contribution in [0.15, 0.2) is 12.5 Å². The third-order valence-electron chi connectivity index (χ3n) is 4.39. The highest BCUT2D eigenvalue weighted by atomic mass is 31.2. The van der Waals surface area contributed by atoms with Gasteiger partial charge in [-0.05, 0) is 6.92 Å². The van der Waals surface area contributed by atoms with E-state index in [-0.39, 0.29) is 17.2 Å². The lowest BCUT2D eigenvalue weighted by molar-refractivity contribution is -0.0762. The lowest BCUT2D eigenvalue weighted by atomic mass is 9.82. The van der Waals surface area contributed by atoms with Gasteiger partial charge in [-0.2, -0.15) is 10.4 Å². The summed E-state index contributed by atoms with van der Waals surface area (Å²) in [6.07, 6.45) is -0.259. The topological polar surface area (TPSA) is 158 Å². The van der Waals surface area contributed by atoms with E-state index in [0.717, 1.165) is 17.8 Å². The number of nitrogens with two attached hydrogens (primary N) is 1. The molecule has 2 aliphatic rings. The number of imidazole rings is 1. The largest absolute Gasteiger partial charge is 0.472 e. The van der Waals surface area contributed by atoms with Crippen molar-refractivity contribution in [2.45, 2.75) is 30.4 Å². The molecule has 25 heavy (non-hydrogen) atoms. The minimum absolute atomic E-state index is 0.0322. The summed E-state index contributed by atoms with van der Waals surface area (Å²) in [6, 6.07) is 1.80. The number of alkyl halides is 1. The Labute approximate surface area is 139 Å². The molecule has 0 aliphatic carbocycles. The number of aromatic nitrogens is 4. The fourth-order valence-electron chi connectivity index (χ4n) is 3.16. The minimum atomic E-state index is -4.43. The summed E-state index contributed by atoms with van der Waals surface area (Å²) < 4.78 is 43.7. The van der Waals surface area contributed by atoms with Gasteiger partial charge >= 0.3 is 7.82 Å². The average Bonchev–Trinajstić information content (AvgIpc) is 3.07.